The first-order chi connectivity index (χ1) is 7.92. The van der Waals surface area contributed by atoms with Crippen molar-refractivity contribution >= 4 is 30.2 Å². The predicted molar refractivity (Wildman–Crippen MR) is 76.7 cm³/mol. The van der Waals surface area contributed by atoms with Gasteiger partial charge in [0.05, 0.1) is 6.54 Å². The summed E-state index contributed by atoms with van der Waals surface area (Å²) in [5.74, 6) is 0. The van der Waals surface area contributed by atoms with E-state index in [2.05, 4.69) is 35.7 Å². The maximum absolute atomic E-state index is 3.75. The third-order valence-electron chi connectivity index (χ3n) is 2.32. The third kappa shape index (κ3) is 3.52. The number of nitrogens with zero attached hydrogens (tertiary/aromatic N) is 1. The Kier molecular flexibility index (Phi) is 5.63. The first-order valence-corrected chi connectivity index (χ1v) is 5.27. The van der Waals surface area contributed by atoms with Crippen molar-refractivity contribution in [2.45, 2.75) is 0 Å². The molecule has 0 aliphatic rings. The molecule has 0 saturated carbocycles. The van der Waals surface area contributed by atoms with E-state index in [4.69, 9.17) is 0 Å². The van der Waals surface area contributed by atoms with Crippen LogP contribution in [0.5, 0.6) is 0 Å². The fourth-order valence-electron chi connectivity index (χ4n) is 1.60. The van der Waals surface area contributed by atoms with E-state index in [1.165, 1.54) is 0 Å². The van der Waals surface area contributed by atoms with Gasteiger partial charge in [0.2, 0.25) is 0 Å². The fraction of sp³-hybridized carbons (Fsp3) is 0. The van der Waals surface area contributed by atoms with Gasteiger partial charge >= 0.3 is 18.9 Å². The van der Waals surface area contributed by atoms with E-state index in [1.54, 1.807) is 6.08 Å². The summed E-state index contributed by atoms with van der Waals surface area (Å²) in [6.07, 6.45) is 1.79. The maximum atomic E-state index is 3.75. The van der Waals surface area contributed by atoms with Crippen molar-refractivity contribution in [1.29, 1.82) is 0 Å². The van der Waals surface area contributed by atoms with Gasteiger partial charge in [0.1, 0.15) is 0 Å². The van der Waals surface area contributed by atoms with Gasteiger partial charge in [0.25, 0.3) is 0 Å². The van der Waals surface area contributed by atoms with Gasteiger partial charge < -0.3 is 4.90 Å². The molecule has 0 heterocycles. The van der Waals surface area contributed by atoms with Gasteiger partial charge in [-0.3, -0.25) is 0 Å². The molecule has 81 valence electrons. The monoisotopic (exact) mass is 216 g/mol. The minimum atomic E-state index is 0. The molecule has 0 N–H and O–H groups in total. The van der Waals surface area contributed by atoms with Crippen LogP contribution in [-0.2, 0) is 0 Å². The molecule has 0 unspecified atom stereocenters. The second kappa shape index (κ2) is 7.01. The first-order valence-electron chi connectivity index (χ1n) is 5.27. The molecule has 17 heavy (non-hydrogen) atoms. The summed E-state index contributed by atoms with van der Waals surface area (Å²) in [6.45, 7) is 5.72. The normalized spacial score (nSPS) is 9.18. The summed E-state index contributed by atoms with van der Waals surface area (Å²) in [5, 5.41) is 0. The Morgan fingerprint density at radius 1 is 0.765 bits per heavy atom. The molecule has 2 aromatic carbocycles. The van der Waals surface area contributed by atoms with Gasteiger partial charge in [0.15, 0.2) is 0 Å². The summed E-state index contributed by atoms with van der Waals surface area (Å²) in [7, 11) is 0. The number of hydrogen-bond acceptors (Lipinski definition) is 1. The molecule has 0 atom stereocenters. The zero-order chi connectivity index (χ0) is 11.2. The van der Waals surface area contributed by atoms with Crippen LogP contribution in [0.15, 0.2) is 73.3 Å². The Hall–Kier alpha value is -1.42. The van der Waals surface area contributed by atoms with Crippen LogP contribution < -0.4 is 4.90 Å². The molecule has 1 radical (unpaired) electrons. The molecule has 2 heteroatoms. The van der Waals surface area contributed by atoms with Crippen molar-refractivity contribution in [1.82, 2.24) is 0 Å². The fourth-order valence-corrected chi connectivity index (χ4v) is 1.60. The molecule has 0 aromatic heterocycles. The standard InChI is InChI=1S/C15H14N.Li.H/c1-2-13-16(14-9-5-3-6-10-14)15-11-7-4-8-12-15;;/h2-13H,1H2;;. The molecule has 0 amide bonds. The molecule has 2 aromatic rings. The molecule has 2 rings (SSSR count). The van der Waals surface area contributed by atoms with Crippen LogP contribution in [0.4, 0.5) is 11.4 Å². The molecule has 0 aliphatic heterocycles. The third-order valence-corrected chi connectivity index (χ3v) is 2.32. The minimum absolute atomic E-state index is 0. The van der Waals surface area contributed by atoms with E-state index >= 15 is 0 Å². The first kappa shape index (κ1) is 13.6. The molecule has 0 fully saturated rings. The number of hydrogen-bond donors (Lipinski definition) is 0. The van der Waals surface area contributed by atoms with Crippen LogP contribution >= 0.6 is 0 Å². The Bertz CT molecular complexity index is 399. The Balaban J connectivity index is 0.00000144. The average molecular weight is 216 g/mol. The van der Waals surface area contributed by atoms with Gasteiger partial charge in [-0.1, -0.05) is 42.5 Å². The quantitative estimate of drug-likeness (QED) is 0.707. The number of anilines is 2. The van der Waals surface area contributed by atoms with Gasteiger partial charge in [-0.2, -0.15) is 0 Å². The van der Waals surface area contributed by atoms with Crippen molar-refractivity contribution in [3.05, 3.63) is 79.9 Å². The van der Waals surface area contributed by atoms with Crippen molar-refractivity contribution < 1.29 is 0 Å². The van der Waals surface area contributed by atoms with Crippen molar-refractivity contribution in [2.24, 2.45) is 0 Å². The zero-order valence-corrected chi connectivity index (χ0v) is 9.08. The van der Waals surface area contributed by atoms with Crippen molar-refractivity contribution in [2.75, 3.05) is 4.90 Å². The van der Waals surface area contributed by atoms with E-state index in [-0.39, 0.29) is 18.9 Å². The van der Waals surface area contributed by atoms with Gasteiger partial charge in [-0.05, 0) is 24.3 Å². The van der Waals surface area contributed by atoms with Crippen LogP contribution in [0, 0.1) is 6.54 Å². The van der Waals surface area contributed by atoms with E-state index in [1.807, 2.05) is 42.9 Å². The number of rotatable bonds is 4. The average Bonchev–Trinajstić information content (AvgIpc) is 2.38. The summed E-state index contributed by atoms with van der Waals surface area (Å²) >= 11 is 0. The van der Waals surface area contributed by atoms with E-state index in [0.29, 0.717) is 0 Å². The number of benzene rings is 2. The summed E-state index contributed by atoms with van der Waals surface area (Å²) in [5.41, 5.74) is 2.27. The summed E-state index contributed by atoms with van der Waals surface area (Å²) in [4.78, 5) is 2.10. The van der Waals surface area contributed by atoms with Crippen LogP contribution in [-0.4, -0.2) is 18.9 Å². The molecular formula is C15H15LiN. The van der Waals surface area contributed by atoms with Crippen LogP contribution in [0.25, 0.3) is 0 Å². The zero-order valence-electron chi connectivity index (χ0n) is 9.08. The summed E-state index contributed by atoms with van der Waals surface area (Å²) < 4.78 is 0. The van der Waals surface area contributed by atoms with E-state index in [0.717, 1.165) is 11.4 Å². The Labute approximate surface area is 115 Å². The predicted octanol–water partition coefficient (Wildman–Crippen LogP) is 3.52. The van der Waals surface area contributed by atoms with Crippen molar-refractivity contribution in [3.63, 3.8) is 0 Å². The SMILES string of the molecule is C=C[CH]N(c1ccccc1)c1ccccc1.[LiH]. The topological polar surface area (TPSA) is 3.24 Å². The van der Waals surface area contributed by atoms with Gasteiger partial charge in [-0.15, -0.1) is 6.58 Å². The van der Waals surface area contributed by atoms with Crippen molar-refractivity contribution in [3.8, 4) is 0 Å². The molecule has 0 spiro atoms. The Morgan fingerprint density at radius 2 is 1.18 bits per heavy atom. The molecule has 0 aliphatic carbocycles. The molecule has 0 saturated heterocycles. The molecule has 0 bridgehead atoms. The van der Waals surface area contributed by atoms with E-state index in [9.17, 15) is 0 Å². The second-order valence-corrected chi connectivity index (χ2v) is 3.43. The Morgan fingerprint density at radius 3 is 1.53 bits per heavy atom. The molecular weight excluding hydrogens is 201 g/mol. The van der Waals surface area contributed by atoms with E-state index < -0.39 is 0 Å². The van der Waals surface area contributed by atoms with Gasteiger partial charge in [0, 0.05) is 11.4 Å². The summed E-state index contributed by atoms with van der Waals surface area (Å²) in [6, 6.07) is 20.5. The number of para-hydroxylation sites is 2. The van der Waals surface area contributed by atoms with Gasteiger partial charge in [-0.25, -0.2) is 0 Å². The molecule has 1 nitrogen and oxygen atoms in total. The van der Waals surface area contributed by atoms with Crippen LogP contribution in [0.1, 0.15) is 0 Å². The van der Waals surface area contributed by atoms with Crippen LogP contribution in [0.2, 0.25) is 0 Å². The second-order valence-electron chi connectivity index (χ2n) is 3.43. The van der Waals surface area contributed by atoms with Crippen LogP contribution in [0.3, 0.4) is 0 Å².